The Bertz CT molecular complexity index is 859. The van der Waals surface area contributed by atoms with Crippen molar-refractivity contribution in [1.82, 2.24) is 4.90 Å². The summed E-state index contributed by atoms with van der Waals surface area (Å²) in [6.07, 6.45) is 0.375. The average molecular weight is 363 g/mol. The fourth-order valence-electron chi connectivity index (χ4n) is 3.02. The zero-order valence-electron chi connectivity index (χ0n) is 13.9. The van der Waals surface area contributed by atoms with E-state index in [1.807, 2.05) is 0 Å². The topological polar surface area (TPSA) is 57.6 Å². The summed E-state index contributed by atoms with van der Waals surface area (Å²) in [4.78, 5) is 25.3. The highest BCUT2D eigenvalue weighted by Crippen LogP contribution is 2.31. The Hall–Kier alpha value is -2.83. The molecule has 1 saturated heterocycles. The van der Waals surface area contributed by atoms with Crippen molar-refractivity contribution >= 4 is 11.9 Å². The molecule has 136 valence electrons. The lowest BCUT2D eigenvalue weighted by Gasteiger charge is -2.20. The minimum atomic E-state index is -1.53. The third-order valence-electron chi connectivity index (χ3n) is 4.73. The summed E-state index contributed by atoms with van der Waals surface area (Å²) < 4.78 is 39.8. The third kappa shape index (κ3) is 3.16. The first kappa shape index (κ1) is 18.0. The second-order valence-electron chi connectivity index (χ2n) is 6.67. The van der Waals surface area contributed by atoms with Gasteiger partial charge in [0.15, 0.2) is 17.5 Å². The minimum absolute atomic E-state index is 0.122. The highest BCUT2D eigenvalue weighted by atomic mass is 19.2. The Kier molecular flexibility index (Phi) is 4.48. The van der Waals surface area contributed by atoms with Crippen LogP contribution in [0.1, 0.15) is 23.7 Å². The van der Waals surface area contributed by atoms with Crippen LogP contribution in [0.3, 0.4) is 0 Å². The molecule has 7 heteroatoms. The predicted octanol–water partition coefficient (Wildman–Crippen LogP) is 3.71. The normalized spacial score (nSPS) is 19.6. The zero-order valence-corrected chi connectivity index (χ0v) is 13.9. The van der Waals surface area contributed by atoms with Gasteiger partial charge in [-0.25, -0.2) is 13.2 Å². The average Bonchev–Trinajstić information content (AvgIpc) is 3.02. The van der Waals surface area contributed by atoms with Crippen LogP contribution in [0.4, 0.5) is 13.2 Å². The number of likely N-dealkylation sites (tertiary alicyclic amines) is 1. The molecule has 1 heterocycles. The number of hydrogen-bond donors (Lipinski definition) is 1. The molecule has 1 aliphatic heterocycles. The predicted molar refractivity (Wildman–Crippen MR) is 88.0 cm³/mol. The van der Waals surface area contributed by atoms with Gasteiger partial charge in [-0.15, -0.1) is 0 Å². The highest BCUT2D eigenvalue weighted by Gasteiger charge is 2.42. The summed E-state index contributed by atoms with van der Waals surface area (Å²) >= 11 is 0. The van der Waals surface area contributed by atoms with Gasteiger partial charge in [0.1, 0.15) is 0 Å². The van der Waals surface area contributed by atoms with E-state index in [-0.39, 0.29) is 18.0 Å². The molecule has 0 saturated carbocycles. The number of nitrogens with zero attached hydrogens (tertiary/aromatic N) is 1. The van der Waals surface area contributed by atoms with E-state index in [2.05, 4.69) is 0 Å². The van der Waals surface area contributed by atoms with Gasteiger partial charge in [-0.1, -0.05) is 12.1 Å². The number of carbonyl (C=O) groups is 2. The maximum absolute atomic E-state index is 13.4. The lowest BCUT2D eigenvalue weighted by Crippen LogP contribution is -2.34. The van der Waals surface area contributed by atoms with Crippen LogP contribution >= 0.6 is 0 Å². The number of halogens is 3. The van der Waals surface area contributed by atoms with Gasteiger partial charge < -0.3 is 10.0 Å². The van der Waals surface area contributed by atoms with E-state index in [0.717, 1.165) is 12.1 Å². The van der Waals surface area contributed by atoms with Crippen molar-refractivity contribution in [3.63, 3.8) is 0 Å². The molecule has 0 aromatic heterocycles. The van der Waals surface area contributed by atoms with Gasteiger partial charge in [-0.2, -0.15) is 0 Å². The molecular weight excluding hydrogens is 347 g/mol. The summed E-state index contributed by atoms with van der Waals surface area (Å²) in [7, 11) is 0. The van der Waals surface area contributed by atoms with Crippen molar-refractivity contribution in [1.29, 1.82) is 0 Å². The van der Waals surface area contributed by atoms with Crippen molar-refractivity contribution < 1.29 is 27.9 Å². The van der Waals surface area contributed by atoms with Crippen molar-refractivity contribution in [3.8, 4) is 11.1 Å². The Labute approximate surface area is 147 Å². The molecule has 2 aromatic carbocycles. The van der Waals surface area contributed by atoms with Gasteiger partial charge in [0, 0.05) is 18.7 Å². The highest BCUT2D eigenvalue weighted by molar-refractivity contribution is 5.95. The van der Waals surface area contributed by atoms with Gasteiger partial charge in [-0.05, 0) is 48.7 Å². The molecule has 0 aliphatic carbocycles. The van der Waals surface area contributed by atoms with Gasteiger partial charge in [-0.3, -0.25) is 9.59 Å². The molecule has 0 spiro atoms. The standard InChI is InChI=1S/C19H16F3NO3/c1-19(18(25)26)6-7-23(10-19)17(24)12-4-2-11(3-5-12)13-8-14(20)16(22)15(21)9-13/h2-5,8-9H,6-7,10H2,1H3,(H,25,26). The van der Waals surface area contributed by atoms with E-state index in [0.29, 0.717) is 24.1 Å². The molecule has 2 aromatic rings. The molecule has 1 fully saturated rings. The Balaban J connectivity index is 1.80. The third-order valence-corrected chi connectivity index (χ3v) is 4.73. The Morgan fingerprint density at radius 2 is 1.62 bits per heavy atom. The van der Waals surface area contributed by atoms with Crippen molar-refractivity contribution in [2.75, 3.05) is 13.1 Å². The number of carbonyl (C=O) groups excluding carboxylic acids is 1. The second-order valence-corrected chi connectivity index (χ2v) is 6.67. The van der Waals surface area contributed by atoms with Gasteiger partial charge in [0.2, 0.25) is 0 Å². The molecule has 4 nitrogen and oxygen atoms in total. The van der Waals surface area contributed by atoms with Crippen molar-refractivity contribution in [2.45, 2.75) is 13.3 Å². The molecule has 1 unspecified atom stereocenters. The summed E-state index contributed by atoms with van der Waals surface area (Å²) in [6, 6.07) is 7.76. The second kappa shape index (κ2) is 6.48. The molecule has 0 bridgehead atoms. The molecule has 1 aliphatic rings. The van der Waals surface area contributed by atoms with E-state index in [1.165, 1.54) is 29.2 Å². The lowest BCUT2D eigenvalue weighted by atomic mass is 9.90. The maximum atomic E-state index is 13.4. The fraction of sp³-hybridized carbons (Fsp3) is 0.263. The zero-order chi connectivity index (χ0) is 19.1. The molecule has 1 N–H and O–H groups in total. The summed E-state index contributed by atoms with van der Waals surface area (Å²) in [5, 5.41) is 9.24. The first-order valence-corrected chi connectivity index (χ1v) is 7.99. The van der Waals surface area contributed by atoms with Crippen LogP contribution in [0.2, 0.25) is 0 Å². The van der Waals surface area contributed by atoms with Crippen LogP contribution in [0.5, 0.6) is 0 Å². The largest absolute Gasteiger partial charge is 0.481 e. The smallest absolute Gasteiger partial charge is 0.311 e. The van der Waals surface area contributed by atoms with Crippen LogP contribution < -0.4 is 0 Å². The molecule has 3 rings (SSSR count). The fourth-order valence-corrected chi connectivity index (χ4v) is 3.02. The number of benzene rings is 2. The minimum Gasteiger partial charge on any atom is -0.481 e. The van der Waals surface area contributed by atoms with Crippen LogP contribution in [0, 0.1) is 22.9 Å². The van der Waals surface area contributed by atoms with E-state index in [4.69, 9.17) is 0 Å². The number of amides is 1. The molecular formula is C19H16F3NO3. The number of aliphatic carboxylic acids is 1. The summed E-state index contributed by atoms with van der Waals surface area (Å²) in [5.74, 6) is -5.35. The van der Waals surface area contributed by atoms with E-state index < -0.39 is 28.8 Å². The Morgan fingerprint density at radius 1 is 1.04 bits per heavy atom. The van der Waals surface area contributed by atoms with E-state index in [1.54, 1.807) is 6.92 Å². The van der Waals surface area contributed by atoms with Gasteiger partial charge in [0.25, 0.3) is 5.91 Å². The quantitative estimate of drug-likeness (QED) is 0.846. The van der Waals surface area contributed by atoms with E-state index in [9.17, 15) is 27.9 Å². The van der Waals surface area contributed by atoms with E-state index >= 15 is 0 Å². The Morgan fingerprint density at radius 3 is 2.12 bits per heavy atom. The lowest BCUT2D eigenvalue weighted by molar-refractivity contribution is -0.147. The first-order valence-electron chi connectivity index (χ1n) is 7.99. The number of carboxylic acid groups (broad SMARTS) is 1. The number of hydrogen-bond acceptors (Lipinski definition) is 2. The van der Waals surface area contributed by atoms with Crippen LogP contribution in [-0.2, 0) is 4.79 Å². The monoisotopic (exact) mass is 363 g/mol. The SMILES string of the molecule is CC1(C(=O)O)CCN(C(=O)c2ccc(-c3cc(F)c(F)c(F)c3)cc2)C1. The molecule has 0 radical (unpaired) electrons. The van der Waals surface area contributed by atoms with Crippen molar-refractivity contribution in [3.05, 3.63) is 59.4 Å². The van der Waals surface area contributed by atoms with Gasteiger partial charge >= 0.3 is 5.97 Å². The molecule has 26 heavy (non-hydrogen) atoms. The van der Waals surface area contributed by atoms with Crippen molar-refractivity contribution in [2.24, 2.45) is 5.41 Å². The maximum Gasteiger partial charge on any atom is 0.311 e. The van der Waals surface area contributed by atoms with Crippen LogP contribution in [0.25, 0.3) is 11.1 Å². The summed E-state index contributed by atoms with van der Waals surface area (Å²) in [6.45, 7) is 2.07. The van der Waals surface area contributed by atoms with Gasteiger partial charge in [0.05, 0.1) is 5.41 Å². The van der Waals surface area contributed by atoms with Crippen LogP contribution in [0.15, 0.2) is 36.4 Å². The molecule has 1 atom stereocenters. The number of carboxylic acids is 1. The first-order chi connectivity index (χ1) is 12.2. The number of rotatable bonds is 3. The molecule has 1 amide bonds. The summed E-state index contributed by atoms with van der Waals surface area (Å²) in [5.41, 5.74) is -0.0405. The van der Waals surface area contributed by atoms with Crippen LogP contribution in [-0.4, -0.2) is 35.0 Å².